The predicted octanol–water partition coefficient (Wildman–Crippen LogP) is 6.61. The van der Waals surface area contributed by atoms with Gasteiger partial charge in [-0.1, -0.05) is 70.9 Å². The maximum Gasteiger partial charge on any atom is 0.0811 e. The number of hydrogen-bond acceptors (Lipinski definition) is 2. The summed E-state index contributed by atoms with van der Waals surface area (Å²) in [6, 6.07) is 0. The number of rotatable bonds is 5. The van der Waals surface area contributed by atoms with Gasteiger partial charge in [0.25, 0.3) is 0 Å². The molecule has 3 fully saturated rings. The van der Waals surface area contributed by atoms with Gasteiger partial charge in [-0.3, -0.25) is 0 Å². The molecule has 0 radical (unpaired) electrons. The van der Waals surface area contributed by atoms with E-state index in [2.05, 4.69) is 38.7 Å². The highest BCUT2D eigenvalue weighted by atomic mass is 16.3. The molecule has 2 N–H and O–H groups in total. The number of allylic oxidation sites excluding steroid dienone is 5. The maximum absolute atomic E-state index is 10.2. The summed E-state index contributed by atoms with van der Waals surface area (Å²) in [6.07, 6.45) is 13.3. The van der Waals surface area contributed by atoms with Crippen LogP contribution in [0.1, 0.15) is 87.6 Å². The van der Waals surface area contributed by atoms with Gasteiger partial charge in [0.2, 0.25) is 0 Å². The molecule has 3 saturated carbocycles. The summed E-state index contributed by atoms with van der Waals surface area (Å²) in [5, 5.41) is 20.2. The van der Waals surface area contributed by atoms with Gasteiger partial charge in [-0.15, -0.1) is 0 Å². The summed E-state index contributed by atoms with van der Waals surface area (Å²) < 4.78 is 46.5. The fraction of sp³-hybridized carbons (Fsp3) is 0.714. The van der Waals surface area contributed by atoms with Crippen molar-refractivity contribution < 1.29 is 18.4 Å². The Kier molecular flexibility index (Phi) is 5.26. The Morgan fingerprint density at radius 3 is 2.67 bits per heavy atom. The summed E-state index contributed by atoms with van der Waals surface area (Å²) >= 11 is 0. The first-order valence-corrected chi connectivity index (χ1v) is 11.7. The van der Waals surface area contributed by atoms with E-state index in [1.165, 1.54) is 5.57 Å². The second-order valence-corrected chi connectivity index (χ2v) is 10.2. The Hall–Kier alpha value is -1.12. The molecule has 2 nitrogen and oxygen atoms in total. The number of hydrogen-bond donors (Lipinski definition) is 2. The molecule has 0 aromatic carbocycles. The second kappa shape index (κ2) is 9.57. The third kappa shape index (κ3) is 4.86. The largest absolute Gasteiger partial charge is 0.393 e. The van der Waals surface area contributed by atoms with Crippen LogP contribution in [0.5, 0.6) is 0 Å². The lowest BCUT2D eigenvalue weighted by Gasteiger charge is -2.44. The quantitative estimate of drug-likeness (QED) is 0.493. The zero-order valence-electron chi connectivity index (χ0n) is 24.9. The van der Waals surface area contributed by atoms with Crippen LogP contribution in [-0.4, -0.2) is 22.4 Å². The molecule has 168 valence electrons. The molecule has 2 heteroatoms. The van der Waals surface area contributed by atoms with Crippen molar-refractivity contribution in [1.29, 1.82) is 0 Å². The van der Waals surface area contributed by atoms with Crippen molar-refractivity contribution in [3.63, 3.8) is 0 Å². The highest BCUT2D eigenvalue weighted by molar-refractivity contribution is 5.38. The summed E-state index contributed by atoms with van der Waals surface area (Å²) in [4.78, 5) is 0. The molecule has 0 amide bonds. The Bertz CT molecular complexity index is 885. The monoisotopic (exact) mass is 418 g/mol. The van der Waals surface area contributed by atoms with E-state index >= 15 is 0 Å². The number of fused-ring (bicyclic) bond motifs is 1. The van der Waals surface area contributed by atoms with E-state index in [0.29, 0.717) is 30.3 Å². The third-order valence-electron chi connectivity index (χ3n) is 8.18. The zero-order valence-corrected chi connectivity index (χ0v) is 18.9. The second-order valence-electron chi connectivity index (χ2n) is 10.2. The van der Waals surface area contributed by atoms with Crippen LogP contribution in [0, 0.1) is 35.0 Å². The molecule has 0 heterocycles. The van der Waals surface area contributed by atoms with Gasteiger partial charge in [-0.25, -0.2) is 0 Å². The SMILES string of the molecule is [2H]C([2H])([2H])C([C@@H](C)/C=C/[C@@H](C)C1CCC2/C(=C/C=C3/C[C@@H](O)C[C@H](O)C3=C)CCC[C@@]21C)C([2H])([2H])[2H]. The van der Waals surface area contributed by atoms with Crippen LogP contribution in [0.2, 0.25) is 0 Å². The van der Waals surface area contributed by atoms with Gasteiger partial charge >= 0.3 is 0 Å². The van der Waals surface area contributed by atoms with E-state index in [0.717, 1.165) is 37.7 Å². The summed E-state index contributed by atoms with van der Waals surface area (Å²) in [6.45, 7) is 5.22. The highest BCUT2D eigenvalue weighted by Gasteiger charge is 2.50. The lowest BCUT2D eigenvalue weighted by Crippen LogP contribution is -2.35. The van der Waals surface area contributed by atoms with Crippen LogP contribution in [-0.2, 0) is 0 Å². The molecule has 0 spiro atoms. The lowest BCUT2D eigenvalue weighted by atomic mass is 9.61. The van der Waals surface area contributed by atoms with E-state index in [-0.39, 0.29) is 11.3 Å². The smallest absolute Gasteiger partial charge is 0.0811 e. The summed E-state index contributed by atoms with van der Waals surface area (Å²) in [7, 11) is 0. The minimum absolute atomic E-state index is 0.131. The van der Waals surface area contributed by atoms with E-state index in [1.54, 1.807) is 6.92 Å². The van der Waals surface area contributed by atoms with Gasteiger partial charge < -0.3 is 10.2 Å². The van der Waals surface area contributed by atoms with E-state index in [9.17, 15) is 10.2 Å². The molecular weight excluding hydrogens is 368 g/mol. The molecule has 7 atom stereocenters. The number of aliphatic hydroxyl groups is 2. The van der Waals surface area contributed by atoms with Gasteiger partial charge in [0.05, 0.1) is 12.2 Å². The van der Waals surface area contributed by atoms with Crippen LogP contribution >= 0.6 is 0 Å². The van der Waals surface area contributed by atoms with Crippen molar-refractivity contribution >= 4 is 0 Å². The summed E-state index contributed by atoms with van der Waals surface area (Å²) in [5.41, 5.74) is 3.20. The predicted molar refractivity (Wildman–Crippen MR) is 127 cm³/mol. The normalized spacial score (nSPS) is 43.6. The molecule has 2 unspecified atom stereocenters. The zero-order chi connectivity index (χ0) is 27.1. The fourth-order valence-corrected chi connectivity index (χ4v) is 6.20. The molecule has 0 bridgehead atoms. The fourth-order valence-electron chi connectivity index (χ4n) is 6.20. The van der Waals surface area contributed by atoms with Gasteiger partial charge in [0.1, 0.15) is 0 Å². The van der Waals surface area contributed by atoms with E-state index < -0.39 is 37.7 Å². The first-order chi connectivity index (χ1) is 16.6. The lowest BCUT2D eigenvalue weighted by molar-refractivity contribution is 0.0862. The van der Waals surface area contributed by atoms with E-state index in [4.69, 9.17) is 8.22 Å². The molecule has 0 aromatic rings. The maximum atomic E-state index is 10.2. The Morgan fingerprint density at radius 2 is 1.93 bits per heavy atom. The molecule has 0 saturated heterocycles. The molecule has 0 aromatic heterocycles. The minimum Gasteiger partial charge on any atom is -0.393 e. The van der Waals surface area contributed by atoms with Crippen LogP contribution < -0.4 is 0 Å². The topological polar surface area (TPSA) is 40.5 Å². The molecule has 30 heavy (non-hydrogen) atoms. The van der Waals surface area contributed by atoms with Crippen molar-refractivity contribution in [2.45, 2.75) is 91.6 Å². The molecular formula is C28H44O2. The molecule has 3 aliphatic rings. The first-order valence-electron chi connectivity index (χ1n) is 14.7. The van der Waals surface area contributed by atoms with Gasteiger partial charge in [-0.05, 0) is 84.7 Å². The average molecular weight is 419 g/mol. The van der Waals surface area contributed by atoms with Gasteiger partial charge in [0.15, 0.2) is 0 Å². The third-order valence-corrected chi connectivity index (χ3v) is 8.18. The Balaban J connectivity index is 1.76. The van der Waals surface area contributed by atoms with E-state index in [1.807, 2.05) is 6.08 Å². The Labute approximate surface area is 193 Å². The van der Waals surface area contributed by atoms with Crippen molar-refractivity contribution in [3.05, 3.63) is 47.6 Å². The van der Waals surface area contributed by atoms with Crippen LogP contribution in [0.4, 0.5) is 0 Å². The first kappa shape index (κ1) is 16.5. The van der Waals surface area contributed by atoms with Crippen molar-refractivity contribution in [2.75, 3.05) is 0 Å². The Morgan fingerprint density at radius 1 is 1.17 bits per heavy atom. The summed E-state index contributed by atoms with van der Waals surface area (Å²) in [5.74, 6) is -0.818. The molecule has 0 aliphatic heterocycles. The minimum atomic E-state index is -2.53. The molecule has 3 aliphatic carbocycles. The average Bonchev–Trinajstić information content (AvgIpc) is 3.09. The van der Waals surface area contributed by atoms with Crippen molar-refractivity contribution in [3.8, 4) is 0 Å². The standard InChI is InChI=1S/C28H44O2/c1-18(2)19(3)9-10-20(4)25-13-14-26-22(8-7-15-28(25,26)6)11-12-23-16-24(29)17-27(30)21(23)5/h9-12,18-20,24-27,29-30H,5,7-8,13-17H2,1-4,6H3/b10-9+,22-11+,23-12-/t19-,20+,24+,25?,26?,27-,28+/m0/s1/i1D3,2D3. The van der Waals surface area contributed by atoms with Gasteiger partial charge in [0, 0.05) is 14.6 Å². The van der Waals surface area contributed by atoms with Crippen molar-refractivity contribution in [2.24, 2.45) is 35.0 Å². The van der Waals surface area contributed by atoms with Crippen LogP contribution in [0.3, 0.4) is 0 Å². The van der Waals surface area contributed by atoms with Gasteiger partial charge in [-0.2, -0.15) is 0 Å². The van der Waals surface area contributed by atoms with Crippen molar-refractivity contribution in [1.82, 2.24) is 0 Å². The highest BCUT2D eigenvalue weighted by Crippen LogP contribution is 2.59. The molecule has 3 rings (SSSR count). The van der Waals surface area contributed by atoms with Crippen LogP contribution in [0.25, 0.3) is 0 Å². The number of aliphatic hydroxyl groups excluding tert-OH is 2. The van der Waals surface area contributed by atoms with Crippen LogP contribution in [0.15, 0.2) is 47.6 Å².